The molecule has 0 aliphatic carbocycles. The summed E-state index contributed by atoms with van der Waals surface area (Å²) >= 11 is 0. The number of esters is 1. The Kier molecular flexibility index (Phi) is 9.62. The maximum Gasteiger partial charge on any atom is 0.410 e. The minimum absolute atomic E-state index is 0.0357. The predicted molar refractivity (Wildman–Crippen MR) is 136 cm³/mol. The number of hydrogen-bond acceptors (Lipinski definition) is 7. The lowest BCUT2D eigenvalue weighted by Crippen LogP contribution is -2.55. The number of amides is 3. The summed E-state index contributed by atoms with van der Waals surface area (Å²) in [4.78, 5) is 51.0. The van der Waals surface area contributed by atoms with E-state index in [2.05, 4.69) is 10.7 Å². The predicted octanol–water partition coefficient (Wildman–Crippen LogP) is 2.75. The number of hydrogen-bond donors (Lipinski definition) is 2. The summed E-state index contributed by atoms with van der Waals surface area (Å²) in [6.07, 6.45) is -0.338. The van der Waals surface area contributed by atoms with Crippen molar-refractivity contribution in [1.82, 2.24) is 20.7 Å². The van der Waals surface area contributed by atoms with Crippen LogP contribution in [0.25, 0.3) is 0 Å². The van der Waals surface area contributed by atoms with Crippen molar-refractivity contribution in [2.45, 2.75) is 39.4 Å². The topological polar surface area (TPSA) is 117 Å². The molecule has 0 bridgehead atoms. The van der Waals surface area contributed by atoms with Crippen LogP contribution in [0, 0.1) is 0 Å². The van der Waals surface area contributed by atoms with Gasteiger partial charge in [0.1, 0.15) is 12.2 Å². The number of piperazine rings is 1. The number of benzene rings is 2. The molecule has 37 heavy (non-hydrogen) atoms. The van der Waals surface area contributed by atoms with Crippen molar-refractivity contribution in [2.24, 2.45) is 0 Å². The lowest BCUT2D eigenvalue weighted by molar-refractivity contribution is -0.144. The zero-order valence-electron chi connectivity index (χ0n) is 21.5. The molecule has 1 saturated heterocycles. The summed E-state index contributed by atoms with van der Waals surface area (Å²) in [7, 11) is 0. The van der Waals surface area contributed by atoms with Gasteiger partial charge in [-0.05, 0) is 44.5 Å². The smallest absolute Gasteiger partial charge is 0.410 e. The molecule has 3 amide bonds. The van der Waals surface area contributed by atoms with E-state index < -0.39 is 17.5 Å². The number of carbonyl (C=O) groups excluding carboxylic acids is 4. The van der Waals surface area contributed by atoms with Crippen molar-refractivity contribution in [3.05, 3.63) is 71.3 Å². The quantitative estimate of drug-likeness (QED) is 0.525. The van der Waals surface area contributed by atoms with Gasteiger partial charge in [-0.2, -0.15) is 0 Å². The lowest BCUT2D eigenvalue weighted by atomic mass is 10.1. The van der Waals surface area contributed by atoms with Gasteiger partial charge >= 0.3 is 12.1 Å². The Balaban J connectivity index is 1.41. The van der Waals surface area contributed by atoms with Crippen LogP contribution >= 0.6 is 0 Å². The standard InChI is InChI=1S/C27H34N4O6/c1-27(2,3)37-26(35)30-14-16-31(17-15-30)29-25(34)22-11-7-10-21(18-22)24(33)28-13-12-23(32)36-19-20-8-5-4-6-9-20/h4-11,18H,12-17,19H2,1-3H3,(H,28,33)(H,29,34). The highest BCUT2D eigenvalue weighted by Gasteiger charge is 2.26. The molecule has 10 nitrogen and oxygen atoms in total. The largest absolute Gasteiger partial charge is 0.461 e. The second-order valence-electron chi connectivity index (χ2n) is 9.63. The molecule has 2 aromatic carbocycles. The first-order chi connectivity index (χ1) is 17.6. The van der Waals surface area contributed by atoms with E-state index in [9.17, 15) is 19.2 Å². The average Bonchev–Trinajstić information content (AvgIpc) is 2.87. The minimum atomic E-state index is -0.564. The van der Waals surface area contributed by atoms with E-state index in [1.165, 1.54) is 6.07 Å². The Labute approximate surface area is 216 Å². The Morgan fingerprint density at radius 1 is 0.865 bits per heavy atom. The highest BCUT2D eigenvalue weighted by Crippen LogP contribution is 2.12. The average molecular weight is 511 g/mol. The third-order valence-electron chi connectivity index (χ3n) is 5.44. The molecule has 0 spiro atoms. The first-order valence-corrected chi connectivity index (χ1v) is 12.2. The summed E-state index contributed by atoms with van der Waals surface area (Å²) in [6.45, 7) is 7.49. The number of ether oxygens (including phenoxy) is 2. The van der Waals surface area contributed by atoms with Gasteiger partial charge in [0, 0.05) is 43.9 Å². The van der Waals surface area contributed by atoms with E-state index in [1.54, 1.807) is 28.1 Å². The first kappa shape index (κ1) is 27.7. The Bertz CT molecular complexity index is 1090. The Morgan fingerprint density at radius 3 is 2.16 bits per heavy atom. The van der Waals surface area contributed by atoms with E-state index in [4.69, 9.17) is 9.47 Å². The minimum Gasteiger partial charge on any atom is -0.461 e. The van der Waals surface area contributed by atoms with Gasteiger partial charge in [-0.25, -0.2) is 9.80 Å². The van der Waals surface area contributed by atoms with Gasteiger partial charge in [0.05, 0.1) is 6.42 Å². The van der Waals surface area contributed by atoms with Gasteiger partial charge in [0.25, 0.3) is 11.8 Å². The van der Waals surface area contributed by atoms with E-state index in [-0.39, 0.29) is 31.6 Å². The number of rotatable bonds is 8. The first-order valence-electron chi connectivity index (χ1n) is 12.2. The van der Waals surface area contributed by atoms with Crippen LogP contribution in [0.4, 0.5) is 4.79 Å². The van der Waals surface area contributed by atoms with E-state index >= 15 is 0 Å². The zero-order chi connectivity index (χ0) is 26.8. The fourth-order valence-electron chi connectivity index (χ4n) is 3.53. The molecule has 1 aliphatic rings. The summed E-state index contributed by atoms with van der Waals surface area (Å²) in [5.74, 6) is -1.16. The van der Waals surface area contributed by atoms with Crippen molar-refractivity contribution >= 4 is 23.9 Å². The number of nitrogens with zero attached hydrogens (tertiary/aromatic N) is 2. The molecule has 10 heteroatoms. The lowest BCUT2D eigenvalue weighted by Gasteiger charge is -2.35. The summed E-state index contributed by atoms with van der Waals surface area (Å²) in [5, 5.41) is 4.41. The van der Waals surface area contributed by atoms with Gasteiger partial charge in [0.15, 0.2) is 0 Å². The van der Waals surface area contributed by atoms with Crippen LogP contribution in [0.5, 0.6) is 0 Å². The molecule has 3 rings (SSSR count). The van der Waals surface area contributed by atoms with Crippen LogP contribution in [-0.4, -0.2) is 72.1 Å². The van der Waals surface area contributed by atoms with Gasteiger partial charge < -0.3 is 19.7 Å². The van der Waals surface area contributed by atoms with Gasteiger partial charge in [-0.15, -0.1) is 0 Å². The zero-order valence-corrected chi connectivity index (χ0v) is 21.5. The molecule has 2 N–H and O–H groups in total. The van der Waals surface area contributed by atoms with Gasteiger partial charge in [0.2, 0.25) is 0 Å². The van der Waals surface area contributed by atoms with Crippen LogP contribution in [0.3, 0.4) is 0 Å². The monoisotopic (exact) mass is 510 g/mol. The van der Waals surface area contributed by atoms with Gasteiger partial charge in [-0.1, -0.05) is 36.4 Å². The summed E-state index contributed by atoms with van der Waals surface area (Å²) < 4.78 is 10.6. The van der Waals surface area contributed by atoms with Gasteiger partial charge in [-0.3, -0.25) is 19.8 Å². The number of carbonyl (C=O) groups is 4. The number of hydrazine groups is 1. The van der Waals surface area contributed by atoms with Crippen molar-refractivity contribution in [3.8, 4) is 0 Å². The highest BCUT2D eigenvalue weighted by molar-refractivity contribution is 5.99. The summed E-state index contributed by atoms with van der Waals surface area (Å²) in [6, 6.07) is 15.7. The fraction of sp³-hybridized carbons (Fsp3) is 0.407. The molecule has 0 radical (unpaired) electrons. The molecule has 0 atom stereocenters. The van der Waals surface area contributed by atoms with Crippen molar-refractivity contribution in [2.75, 3.05) is 32.7 Å². The van der Waals surface area contributed by atoms with Crippen molar-refractivity contribution in [1.29, 1.82) is 0 Å². The molecule has 2 aromatic rings. The van der Waals surface area contributed by atoms with Crippen LogP contribution in [0.15, 0.2) is 54.6 Å². The van der Waals surface area contributed by atoms with E-state index in [0.717, 1.165) is 5.56 Å². The molecular weight excluding hydrogens is 476 g/mol. The fourth-order valence-corrected chi connectivity index (χ4v) is 3.53. The molecule has 1 aliphatic heterocycles. The molecular formula is C27H34N4O6. The van der Waals surface area contributed by atoms with E-state index in [1.807, 2.05) is 51.1 Å². The van der Waals surface area contributed by atoms with Crippen molar-refractivity contribution < 1.29 is 28.7 Å². The third kappa shape index (κ3) is 9.23. The van der Waals surface area contributed by atoms with E-state index in [0.29, 0.717) is 37.3 Å². The molecule has 1 fully saturated rings. The Morgan fingerprint density at radius 2 is 1.51 bits per heavy atom. The van der Waals surface area contributed by atoms with Crippen LogP contribution in [-0.2, 0) is 20.9 Å². The highest BCUT2D eigenvalue weighted by atomic mass is 16.6. The second-order valence-corrected chi connectivity index (χ2v) is 9.63. The third-order valence-corrected chi connectivity index (χ3v) is 5.44. The summed E-state index contributed by atoms with van der Waals surface area (Å²) in [5.41, 5.74) is 3.77. The van der Waals surface area contributed by atoms with Crippen molar-refractivity contribution in [3.63, 3.8) is 0 Å². The molecule has 0 aromatic heterocycles. The Hall–Kier alpha value is -3.92. The SMILES string of the molecule is CC(C)(C)OC(=O)N1CCN(NC(=O)c2cccc(C(=O)NCCC(=O)OCc3ccccc3)c2)CC1. The maximum absolute atomic E-state index is 12.7. The normalized spacial score (nSPS) is 14.0. The van der Waals surface area contributed by atoms with Crippen LogP contribution < -0.4 is 10.7 Å². The molecule has 0 unspecified atom stereocenters. The van der Waals surface area contributed by atoms with Crippen LogP contribution in [0.2, 0.25) is 0 Å². The molecule has 0 saturated carbocycles. The molecule has 1 heterocycles. The second kappa shape index (κ2) is 12.9. The van der Waals surface area contributed by atoms with Crippen LogP contribution in [0.1, 0.15) is 53.5 Å². The molecule has 198 valence electrons. The number of nitrogens with one attached hydrogen (secondary N) is 2. The maximum atomic E-state index is 12.7.